The number of aryl methyl sites for hydroxylation is 1. The van der Waals surface area contributed by atoms with Gasteiger partial charge < -0.3 is 9.84 Å². The number of Topliss-reactive ketones (excluding diaryl/α,β-unsaturated/α-hetero) is 1. The van der Waals surface area contributed by atoms with Crippen LogP contribution in [0.25, 0.3) is 0 Å². The van der Waals surface area contributed by atoms with E-state index in [4.69, 9.17) is 4.74 Å². The second kappa shape index (κ2) is 10.4. The van der Waals surface area contributed by atoms with Crippen molar-refractivity contribution < 1.29 is 14.6 Å². The van der Waals surface area contributed by atoms with Crippen molar-refractivity contribution in [3.63, 3.8) is 0 Å². The molecule has 0 heterocycles. The zero-order valence-electron chi connectivity index (χ0n) is 14.8. The van der Waals surface area contributed by atoms with Gasteiger partial charge in [0.25, 0.3) is 0 Å². The topological polar surface area (TPSA) is 46.5 Å². The van der Waals surface area contributed by atoms with E-state index in [-0.39, 0.29) is 12.2 Å². The molecule has 0 fully saturated rings. The number of carbonyl (C=O) groups is 1. The lowest BCUT2D eigenvalue weighted by Gasteiger charge is -2.10. The van der Waals surface area contributed by atoms with Gasteiger partial charge in [0.15, 0.2) is 5.78 Å². The number of benzene rings is 1. The van der Waals surface area contributed by atoms with Crippen LogP contribution >= 0.6 is 0 Å². The van der Waals surface area contributed by atoms with Gasteiger partial charge in [-0.2, -0.15) is 0 Å². The van der Waals surface area contributed by atoms with Crippen LogP contribution in [0.1, 0.15) is 56.9 Å². The Morgan fingerprint density at radius 1 is 1.00 bits per heavy atom. The van der Waals surface area contributed by atoms with Crippen LogP contribution in [0.15, 0.2) is 41.5 Å². The molecule has 24 heavy (non-hydrogen) atoms. The molecule has 0 aromatic heterocycles. The third-order valence-electron chi connectivity index (χ3n) is 4.81. The van der Waals surface area contributed by atoms with Crippen molar-refractivity contribution >= 4 is 5.78 Å². The Morgan fingerprint density at radius 2 is 1.71 bits per heavy atom. The fraction of sp³-hybridized carbons (Fsp3) is 0.571. The van der Waals surface area contributed by atoms with Crippen molar-refractivity contribution in [3.8, 4) is 0 Å². The van der Waals surface area contributed by atoms with Gasteiger partial charge in [-0.1, -0.05) is 49.6 Å². The van der Waals surface area contributed by atoms with Gasteiger partial charge in [0.1, 0.15) is 0 Å². The van der Waals surface area contributed by atoms with Crippen molar-refractivity contribution in [2.75, 3.05) is 13.7 Å². The largest absolute Gasteiger partial charge is 0.388 e. The summed E-state index contributed by atoms with van der Waals surface area (Å²) in [7, 11) is 1.74. The lowest BCUT2D eigenvalue weighted by molar-refractivity contribution is -0.116. The molecule has 132 valence electrons. The Hall–Kier alpha value is -1.45. The molecular formula is C21H30O3. The zero-order chi connectivity index (χ0) is 17.2. The Bertz CT molecular complexity index is 533. The molecule has 0 saturated heterocycles. The first-order valence-corrected chi connectivity index (χ1v) is 9.18. The first-order valence-electron chi connectivity index (χ1n) is 9.18. The van der Waals surface area contributed by atoms with Gasteiger partial charge in [0.05, 0.1) is 6.10 Å². The molecule has 1 aliphatic carbocycles. The third kappa shape index (κ3) is 5.88. The molecule has 1 N–H and O–H groups in total. The van der Waals surface area contributed by atoms with Crippen molar-refractivity contribution in [3.05, 3.63) is 47.0 Å². The van der Waals surface area contributed by atoms with Gasteiger partial charge in [0, 0.05) is 20.1 Å². The minimum atomic E-state index is -0.557. The van der Waals surface area contributed by atoms with Crippen LogP contribution < -0.4 is 0 Å². The van der Waals surface area contributed by atoms with Gasteiger partial charge in [-0.3, -0.25) is 4.79 Å². The summed E-state index contributed by atoms with van der Waals surface area (Å²) in [5.41, 5.74) is 3.16. The number of unbranched alkanes of at least 4 members (excludes halogenated alkanes) is 4. The zero-order valence-corrected chi connectivity index (χ0v) is 14.8. The fourth-order valence-corrected chi connectivity index (χ4v) is 3.42. The van der Waals surface area contributed by atoms with E-state index < -0.39 is 6.10 Å². The SMILES string of the molecule is COCCCCCCCC1=C(CCc2ccccc2)C(O)CC1=O. The van der Waals surface area contributed by atoms with Crippen LogP contribution in [0.4, 0.5) is 0 Å². The lowest BCUT2D eigenvalue weighted by atomic mass is 9.97. The van der Waals surface area contributed by atoms with Crippen LogP contribution in [-0.2, 0) is 16.0 Å². The Balaban J connectivity index is 1.81. The lowest BCUT2D eigenvalue weighted by Crippen LogP contribution is -2.07. The average Bonchev–Trinajstić information content (AvgIpc) is 2.86. The molecule has 1 unspecified atom stereocenters. The predicted octanol–water partition coefficient (Wildman–Crippen LogP) is 4.24. The van der Waals surface area contributed by atoms with Gasteiger partial charge >= 0.3 is 0 Å². The normalized spacial score (nSPS) is 17.8. The molecule has 1 atom stereocenters. The first-order chi connectivity index (χ1) is 11.7. The molecule has 3 heteroatoms. The van der Waals surface area contributed by atoms with Gasteiger partial charge in [0.2, 0.25) is 0 Å². The van der Waals surface area contributed by atoms with Crippen LogP contribution in [0.2, 0.25) is 0 Å². The maximum Gasteiger partial charge on any atom is 0.161 e. The summed E-state index contributed by atoms with van der Waals surface area (Å²) in [5.74, 6) is 0.157. The van der Waals surface area contributed by atoms with E-state index in [0.717, 1.165) is 56.3 Å². The number of ketones is 1. The minimum absolute atomic E-state index is 0.157. The summed E-state index contributed by atoms with van der Waals surface area (Å²) >= 11 is 0. The van der Waals surface area contributed by atoms with E-state index in [1.54, 1.807) is 7.11 Å². The molecule has 1 aliphatic rings. The fourth-order valence-electron chi connectivity index (χ4n) is 3.42. The van der Waals surface area contributed by atoms with E-state index in [0.29, 0.717) is 0 Å². The Morgan fingerprint density at radius 3 is 2.46 bits per heavy atom. The van der Waals surface area contributed by atoms with Gasteiger partial charge in [-0.25, -0.2) is 0 Å². The van der Waals surface area contributed by atoms with Crippen molar-refractivity contribution in [1.29, 1.82) is 0 Å². The number of hydrogen-bond acceptors (Lipinski definition) is 3. The Labute approximate surface area is 145 Å². The van der Waals surface area contributed by atoms with Crippen molar-refractivity contribution in [2.24, 2.45) is 0 Å². The quantitative estimate of drug-likeness (QED) is 0.617. The first kappa shape index (κ1) is 18.9. The molecular weight excluding hydrogens is 300 g/mol. The summed E-state index contributed by atoms with van der Waals surface area (Å²) < 4.78 is 5.05. The number of aliphatic hydroxyl groups excluding tert-OH is 1. The second-order valence-corrected chi connectivity index (χ2v) is 6.64. The van der Waals surface area contributed by atoms with Crippen LogP contribution in [0.3, 0.4) is 0 Å². The number of carbonyl (C=O) groups excluding carboxylic acids is 1. The van der Waals surface area contributed by atoms with E-state index >= 15 is 0 Å². The number of ether oxygens (including phenoxy) is 1. The summed E-state index contributed by atoms with van der Waals surface area (Å²) in [4.78, 5) is 12.2. The molecule has 0 bridgehead atoms. The van der Waals surface area contributed by atoms with E-state index in [1.165, 1.54) is 18.4 Å². The summed E-state index contributed by atoms with van der Waals surface area (Å²) in [6.45, 7) is 0.833. The smallest absolute Gasteiger partial charge is 0.161 e. The standard InChI is InChI=1S/C21H30O3/c1-24-15-9-4-2-3-8-12-18-19(21(23)16-20(18)22)14-13-17-10-6-5-7-11-17/h5-7,10-11,21,23H,2-4,8-9,12-16H2,1H3. The number of rotatable bonds is 11. The molecule has 0 aliphatic heterocycles. The highest BCUT2D eigenvalue weighted by Crippen LogP contribution is 2.31. The predicted molar refractivity (Wildman–Crippen MR) is 97.0 cm³/mol. The van der Waals surface area contributed by atoms with Crippen LogP contribution in [-0.4, -0.2) is 30.7 Å². The molecule has 2 rings (SSSR count). The molecule has 0 spiro atoms. The molecule has 0 radical (unpaired) electrons. The number of hydrogen-bond donors (Lipinski definition) is 1. The number of allylic oxidation sites excluding steroid dienone is 1. The van der Waals surface area contributed by atoms with Crippen LogP contribution in [0.5, 0.6) is 0 Å². The molecule has 1 aromatic carbocycles. The summed E-state index contributed by atoms with van der Waals surface area (Å²) in [6.07, 6.45) is 7.89. The summed E-state index contributed by atoms with van der Waals surface area (Å²) in [5, 5.41) is 10.2. The monoisotopic (exact) mass is 330 g/mol. The highest BCUT2D eigenvalue weighted by atomic mass is 16.5. The van der Waals surface area contributed by atoms with Gasteiger partial charge in [-0.05, 0) is 48.8 Å². The summed E-state index contributed by atoms with van der Waals surface area (Å²) in [6, 6.07) is 10.3. The van der Waals surface area contributed by atoms with Gasteiger partial charge in [-0.15, -0.1) is 0 Å². The van der Waals surface area contributed by atoms with Crippen molar-refractivity contribution in [1.82, 2.24) is 0 Å². The van der Waals surface area contributed by atoms with E-state index in [1.807, 2.05) is 18.2 Å². The number of aliphatic hydroxyl groups is 1. The molecule has 3 nitrogen and oxygen atoms in total. The van der Waals surface area contributed by atoms with E-state index in [2.05, 4.69) is 12.1 Å². The average molecular weight is 330 g/mol. The maximum atomic E-state index is 12.2. The molecule has 0 saturated carbocycles. The highest BCUT2D eigenvalue weighted by Gasteiger charge is 2.29. The third-order valence-corrected chi connectivity index (χ3v) is 4.81. The number of methoxy groups -OCH3 is 1. The Kier molecular flexibility index (Phi) is 8.20. The molecule has 0 amide bonds. The highest BCUT2D eigenvalue weighted by molar-refractivity contribution is 5.99. The van der Waals surface area contributed by atoms with Crippen LogP contribution in [0, 0.1) is 0 Å². The minimum Gasteiger partial charge on any atom is -0.388 e. The molecule has 1 aromatic rings. The van der Waals surface area contributed by atoms with E-state index in [9.17, 15) is 9.90 Å². The maximum absolute atomic E-state index is 12.2. The second-order valence-electron chi connectivity index (χ2n) is 6.64. The van der Waals surface area contributed by atoms with Crippen molar-refractivity contribution in [2.45, 2.75) is 63.9 Å².